The number of aromatic nitrogens is 5. The van der Waals surface area contributed by atoms with E-state index in [1.807, 2.05) is 30.0 Å². The summed E-state index contributed by atoms with van der Waals surface area (Å²) in [7, 11) is 0. The number of ether oxygens (including phenoxy) is 1. The van der Waals surface area contributed by atoms with Crippen LogP contribution in [0.5, 0.6) is 0 Å². The van der Waals surface area contributed by atoms with E-state index in [-0.39, 0.29) is 24.2 Å². The summed E-state index contributed by atoms with van der Waals surface area (Å²) < 4.78 is 5.91. The fourth-order valence-corrected chi connectivity index (χ4v) is 5.02. The molecule has 2 N–H and O–H groups in total. The summed E-state index contributed by atoms with van der Waals surface area (Å²) in [5, 5.41) is 5.44. The Morgan fingerprint density at radius 3 is 2.88 bits per heavy atom. The lowest BCUT2D eigenvalue weighted by Crippen LogP contribution is -2.46. The molecule has 3 unspecified atom stereocenters. The number of likely N-dealkylation sites (tertiary alicyclic amines) is 1. The second-order valence-electron chi connectivity index (χ2n) is 8.59. The fourth-order valence-electron chi connectivity index (χ4n) is 4.75. The number of hydrogen-bond acceptors (Lipinski definition) is 7. The van der Waals surface area contributed by atoms with Crippen molar-refractivity contribution in [1.82, 2.24) is 29.8 Å². The van der Waals surface area contributed by atoms with Crippen LogP contribution in [0.2, 0.25) is 5.02 Å². The van der Waals surface area contributed by atoms with Crippen LogP contribution in [0.3, 0.4) is 0 Å². The van der Waals surface area contributed by atoms with E-state index in [0.717, 1.165) is 23.9 Å². The molecule has 2 aliphatic rings. The number of morpholine rings is 1. The number of carbonyl (C=O) groups is 1. The van der Waals surface area contributed by atoms with Crippen LogP contribution in [0, 0.1) is 0 Å². The van der Waals surface area contributed by atoms with Crippen molar-refractivity contribution >= 4 is 45.3 Å². The minimum Gasteiger partial charge on any atom is -0.371 e. The summed E-state index contributed by atoms with van der Waals surface area (Å²) in [4.78, 5) is 36.1. The Balaban J connectivity index is 1.39. The molecule has 0 saturated carbocycles. The molecule has 6 rings (SSSR count). The highest BCUT2D eigenvalue weighted by molar-refractivity contribution is 6.36. The second-order valence-corrected chi connectivity index (χ2v) is 9.00. The number of fused-ring (bicyclic) bond motifs is 4. The Morgan fingerprint density at radius 2 is 2.06 bits per heavy atom. The molecule has 2 bridgehead atoms. The zero-order chi connectivity index (χ0) is 22.5. The third-order valence-corrected chi connectivity index (χ3v) is 6.70. The lowest BCUT2D eigenvalue weighted by molar-refractivity contribution is -0.0304. The van der Waals surface area contributed by atoms with Gasteiger partial charge in [0.1, 0.15) is 17.5 Å². The van der Waals surface area contributed by atoms with E-state index in [2.05, 4.69) is 25.3 Å². The van der Waals surface area contributed by atoms with Crippen LogP contribution < -0.4 is 5.32 Å². The standard InChI is InChI=1S/C23H22ClN7O2/c1-12(29-22-20-21(26-10-25-20)27-11-28-22)17-7-13-3-2-4-16(24)18(13)19(30-17)23(32)31-8-14-5-6-15(9-31)33-14/h2-4,7,10-12,14-15H,5-6,8-9H2,1H3,(H2,25,26,27,28,29). The summed E-state index contributed by atoms with van der Waals surface area (Å²) in [5.74, 6) is 0.510. The van der Waals surface area contributed by atoms with Gasteiger partial charge in [0.05, 0.1) is 35.3 Å². The molecule has 1 aromatic carbocycles. The molecule has 0 radical (unpaired) electrons. The first-order chi connectivity index (χ1) is 16.1. The average molecular weight is 464 g/mol. The Bertz CT molecular complexity index is 1360. The fraction of sp³-hybridized carbons (Fsp3) is 0.348. The summed E-state index contributed by atoms with van der Waals surface area (Å²) >= 11 is 6.55. The molecule has 5 heterocycles. The third kappa shape index (κ3) is 3.57. The van der Waals surface area contributed by atoms with Crippen molar-refractivity contribution in [3.8, 4) is 0 Å². The van der Waals surface area contributed by atoms with Crippen LogP contribution in [-0.2, 0) is 4.74 Å². The van der Waals surface area contributed by atoms with Gasteiger partial charge in [0.15, 0.2) is 11.5 Å². The number of nitrogens with zero attached hydrogens (tertiary/aromatic N) is 5. The molecule has 33 heavy (non-hydrogen) atoms. The maximum absolute atomic E-state index is 13.7. The number of H-pyrrole nitrogens is 1. The lowest BCUT2D eigenvalue weighted by Gasteiger charge is -2.32. The molecule has 0 aliphatic carbocycles. The number of carbonyl (C=O) groups excluding carboxylic acids is 1. The van der Waals surface area contributed by atoms with Crippen LogP contribution in [0.1, 0.15) is 42.0 Å². The first-order valence-electron chi connectivity index (χ1n) is 11.0. The molecule has 4 aromatic rings. The predicted octanol–water partition coefficient (Wildman–Crippen LogP) is 3.73. The van der Waals surface area contributed by atoms with E-state index >= 15 is 0 Å². The number of anilines is 1. The highest BCUT2D eigenvalue weighted by Crippen LogP contribution is 2.32. The van der Waals surface area contributed by atoms with Crippen LogP contribution in [-0.4, -0.2) is 61.0 Å². The van der Waals surface area contributed by atoms with E-state index in [1.54, 1.807) is 12.4 Å². The molecule has 168 valence electrons. The Morgan fingerprint density at radius 1 is 1.24 bits per heavy atom. The van der Waals surface area contributed by atoms with Gasteiger partial charge in [-0.1, -0.05) is 23.7 Å². The van der Waals surface area contributed by atoms with Crippen molar-refractivity contribution in [2.75, 3.05) is 18.4 Å². The maximum atomic E-state index is 13.7. The van der Waals surface area contributed by atoms with E-state index < -0.39 is 0 Å². The zero-order valence-electron chi connectivity index (χ0n) is 18.0. The van der Waals surface area contributed by atoms with Crippen LogP contribution in [0.25, 0.3) is 21.9 Å². The molecule has 3 atom stereocenters. The van der Waals surface area contributed by atoms with Crippen LogP contribution >= 0.6 is 11.6 Å². The molecule has 10 heteroatoms. The van der Waals surface area contributed by atoms with Crippen molar-refractivity contribution in [3.05, 3.63) is 53.3 Å². The summed E-state index contributed by atoms with van der Waals surface area (Å²) in [6, 6.07) is 7.36. The van der Waals surface area contributed by atoms with E-state index in [4.69, 9.17) is 21.3 Å². The molecule has 3 aromatic heterocycles. The van der Waals surface area contributed by atoms with Crippen molar-refractivity contribution in [2.24, 2.45) is 0 Å². The number of nitrogens with one attached hydrogen (secondary N) is 2. The number of amides is 1. The molecule has 0 spiro atoms. The van der Waals surface area contributed by atoms with Gasteiger partial charge in [0.25, 0.3) is 5.91 Å². The van der Waals surface area contributed by atoms with Gasteiger partial charge in [-0.3, -0.25) is 4.79 Å². The third-order valence-electron chi connectivity index (χ3n) is 6.38. The molecule has 1 amide bonds. The summed E-state index contributed by atoms with van der Waals surface area (Å²) in [5.41, 5.74) is 2.39. The van der Waals surface area contributed by atoms with Crippen LogP contribution in [0.4, 0.5) is 5.82 Å². The molecule has 2 saturated heterocycles. The monoisotopic (exact) mass is 463 g/mol. The van der Waals surface area contributed by atoms with Gasteiger partial charge < -0.3 is 19.9 Å². The quantitative estimate of drug-likeness (QED) is 0.474. The molecular weight excluding hydrogens is 442 g/mol. The largest absolute Gasteiger partial charge is 0.371 e. The number of pyridine rings is 1. The van der Waals surface area contributed by atoms with Gasteiger partial charge in [-0.2, -0.15) is 0 Å². The van der Waals surface area contributed by atoms with Crippen molar-refractivity contribution in [2.45, 2.75) is 38.0 Å². The topological polar surface area (TPSA) is 109 Å². The van der Waals surface area contributed by atoms with Gasteiger partial charge >= 0.3 is 0 Å². The molecule has 9 nitrogen and oxygen atoms in total. The number of halogens is 1. The van der Waals surface area contributed by atoms with Gasteiger partial charge in [-0.05, 0) is 37.3 Å². The number of benzene rings is 1. The maximum Gasteiger partial charge on any atom is 0.273 e. The lowest BCUT2D eigenvalue weighted by atomic mass is 10.0. The predicted molar refractivity (Wildman–Crippen MR) is 124 cm³/mol. The highest BCUT2D eigenvalue weighted by atomic mass is 35.5. The van der Waals surface area contributed by atoms with Gasteiger partial charge in [0.2, 0.25) is 0 Å². The second kappa shape index (κ2) is 7.93. The Kier molecular flexibility index (Phi) is 4.88. The smallest absolute Gasteiger partial charge is 0.273 e. The van der Waals surface area contributed by atoms with Crippen molar-refractivity contribution in [1.29, 1.82) is 0 Å². The van der Waals surface area contributed by atoms with E-state index in [9.17, 15) is 4.79 Å². The molecule has 2 fully saturated rings. The number of hydrogen-bond donors (Lipinski definition) is 2. The SMILES string of the molecule is CC(Nc1ncnc2nc[nH]c12)c1cc2cccc(Cl)c2c(C(=O)N2CC3CCC(C2)O3)n1. The average Bonchev–Trinajstić information content (AvgIpc) is 3.44. The normalized spacial score (nSPS) is 21.0. The highest BCUT2D eigenvalue weighted by Gasteiger charge is 2.37. The molecule has 2 aliphatic heterocycles. The first-order valence-corrected chi connectivity index (χ1v) is 11.4. The first kappa shape index (κ1) is 20.3. The van der Waals surface area contributed by atoms with Crippen molar-refractivity contribution in [3.63, 3.8) is 0 Å². The Hall–Kier alpha value is -3.30. The number of aromatic amines is 1. The molecular formula is C23H22ClN7O2. The Labute approximate surface area is 194 Å². The number of imidazole rings is 1. The van der Waals surface area contributed by atoms with E-state index in [1.165, 1.54) is 6.33 Å². The minimum absolute atomic E-state index is 0.104. The van der Waals surface area contributed by atoms with Crippen molar-refractivity contribution < 1.29 is 9.53 Å². The zero-order valence-corrected chi connectivity index (χ0v) is 18.7. The summed E-state index contributed by atoms with van der Waals surface area (Å²) in [6.07, 6.45) is 5.24. The number of rotatable bonds is 4. The van der Waals surface area contributed by atoms with Crippen LogP contribution in [0.15, 0.2) is 36.9 Å². The summed E-state index contributed by atoms with van der Waals surface area (Å²) in [6.45, 7) is 3.14. The van der Waals surface area contributed by atoms with Gasteiger partial charge in [0, 0.05) is 18.5 Å². The minimum atomic E-state index is -0.234. The van der Waals surface area contributed by atoms with Gasteiger partial charge in [-0.25, -0.2) is 19.9 Å². The van der Waals surface area contributed by atoms with Gasteiger partial charge in [-0.15, -0.1) is 0 Å². The van der Waals surface area contributed by atoms with E-state index in [0.29, 0.717) is 46.2 Å².